The summed E-state index contributed by atoms with van der Waals surface area (Å²) in [7, 11) is 0. The van der Waals surface area contributed by atoms with Gasteiger partial charge in [0.1, 0.15) is 6.54 Å². The Kier molecular flexibility index (Phi) is 4.34. The minimum absolute atomic E-state index is 0.0452. The third-order valence-corrected chi connectivity index (χ3v) is 6.32. The predicted octanol–water partition coefficient (Wildman–Crippen LogP) is 2.71. The van der Waals surface area contributed by atoms with Gasteiger partial charge in [-0.05, 0) is 11.6 Å². The van der Waals surface area contributed by atoms with E-state index >= 15 is 0 Å². The number of benzene rings is 2. The molecule has 29 heavy (non-hydrogen) atoms. The second-order valence-corrected chi connectivity index (χ2v) is 8.14. The minimum atomic E-state index is 0.0452. The minimum Gasteiger partial charge on any atom is -0.340 e. The summed E-state index contributed by atoms with van der Waals surface area (Å²) in [6, 6.07) is 18.1. The van der Waals surface area contributed by atoms with E-state index in [2.05, 4.69) is 17.2 Å². The molecule has 3 atom stereocenters. The third kappa shape index (κ3) is 3.18. The summed E-state index contributed by atoms with van der Waals surface area (Å²) in [5, 5.41) is 5.55. The monoisotopic (exact) mass is 388 g/mol. The number of hydrogen-bond donors (Lipinski definition) is 0. The maximum atomic E-state index is 13.0. The Balaban J connectivity index is 1.33. The molecule has 1 aromatic heterocycles. The number of hydrogen-bond acceptors (Lipinski definition) is 3. The first-order valence-corrected chi connectivity index (χ1v) is 10.1. The summed E-state index contributed by atoms with van der Waals surface area (Å²) in [4.78, 5) is 29.1. The highest BCUT2D eigenvalue weighted by molar-refractivity contribution is 5.80. The lowest BCUT2D eigenvalue weighted by Gasteiger charge is -2.29. The van der Waals surface area contributed by atoms with Crippen LogP contribution < -0.4 is 0 Å². The van der Waals surface area contributed by atoms with Gasteiger partial charge in [-0.2, -0.15) is 5.10 Å². The van der Waals surface area contributed by atoms with Crippen LogP contribution in [0, 0.1) is 11.8 Å². The molecule has 5 rings (SSSR count). The Morgan fingerprint density at radius 3 is 2.52 bits per heavy atom. The zero-order valence-corrected chi connectivity index (χ0v) is 16.4. The van der Waals surface area contributed by atoms with Crippen molar-refractivity contribution in [2.75, 3.05) is 19.6 Å². The smallest absolute Gasteiger partial charge is 0.244 e. The van der Waals surface area contributed by atoms with E-state index in [4.69, 9.17) is 0 Å². The van der Waals surface area contributed by atoms with Crippen molar-refractivity contribution < 1.29 is 9.59 Å². The summed E-state index contributed by atoms with van der Waals surface area (Å²) in [6.07, 6.45) is 1.92. The maximum Gasteiger partial charge on any atom is 0.244 e. The molecular formula is C23H24N4O2. The molecule has 2 aliphatic heterocycles. The van der Waals surface area contributed by atoms with E-state index in [1.54, 1.807) is 11.6 Å². The molecule has 0 radical (unpaired) electrons. The summed E-state index contributed by atoms with van der Waals surface area (Å²) < 4.78 is 1.73. The van der Waals surface area contributed by atoms with E-state index in [1.165, 1.54) is 0 Å². The molecule has 0 unspecified atom stereocenters. The molecule has 2 amide bonds. The number of aromatic nitrogens is 2. The summed E-state index contributed by atoms with van der Waals surface area (Å²) in [5.74, 6) is 0.800. The maximum absolute atomic E-state index is 13.0. The van der Waals surface area contributed by atoms with E-state index in [1.807, 2.05) is 58.5 Å². The van der Waals surface area contributed by atoms with Crippen molar-refractivity contribution in [1.29, 1.82) is 0 Å². The van der Waals surface area contributed by atoms with Gasteiger partial charge < -0.3 is 9.80 Å². The number of carbonyl (C=O) groups excluding carboxylic acids is 2. The second kappa shape index (κ2) is 7.03. The number of amides is 2. The Hall–Kier alpha value is -3.15. The van der Waals surface area contributed by atoms with Crippen molar-refractivity contribution >= 4 is 22.7 Å². The molecule has 0 aliphatic carbocycles. The van der Waals surface area contributed by atoms with Crippen molar-refractivity contribution in [2.45, 2.75) is 19.5 Å². The first kappa shape index (κ1) is 17.9. The van der Waals surface area contributed by atoms with Crippen LogP contribution in [0.4, 0.5) is 0 Å². The molecule has 2 saturated heterocycles. The second-order valence-electron chi connectivity index (χ2n) is 8.14. The van der Waals surface area contributed by atoms with Gasteiger partial charge in [-0.15, -0.1) is 0 Å². The van der Waals surface area contributed by atoms with Gasteiger partial charge in [0.05, 0.1) is 11.6 Å². The van der Waals surface area contributed by atoms with Crippen molar-refractivity contribution in [1.82, 2.24) is 19.6 Å². The largest absolute Gasteiger partial charge is 0.340 e. The first-order chi connectivity index (χ1) is 14.1. The molecule has 0 spiro atoms. The molecule has 0 N–H and O–H groups in total. The van der Waals surface area contributed by atoms with E-state index in [9.17, 15) is 9.59 Å². The molecule has 2 fully saturated rings. The van der Waals surface area contributed by atoms with Gasteiger partial charge in [-0.1, -0.05) is 48.5 Å². The Labute approximate surface area is 169 Å². The van der Waals surface area contributed by atoms with Crippen molar-refractivity contribution in [2.24, 2.45) is 11.8 Å². The van der Waals surface area contributed by atoms with E-state index < -0.39 is 0 Å². The average molecular weight is 388 g/mol. The summed E-state index contributed by atoms with van der Waals surface area (Å²) in [6.45, 7) is 4.00. The average Bonchev–Trinajstić information content (AvgIpc) is 3.40. The summed E-state index contributed by atoms with van der Waals surface area (Å²) in [5.41, 5.74) is 2.06. The van der Waals surface area contributed by atoms with Crippen molar-refractivity contribution in [3.63, 3.8) is 0 Å². The molecule has 3 aromatic rings. The van der Waals surface area contributed by atoms with Crippen LogP contribution in [0.2, 0.25) is 0 Å². The lowest BCUT2D eigenvalue weighted by atomic mass is 9.89. The van der Waals surface area contributed by atoms with Crippen LogP contribution in [0.5, 0.6) is 0 Å². The fraction of sp³-hybridized carbons (Fsp3) is 0.348. The van der Waals surface area contributed by atoms with Crippen LogP contribution in [0.1, 0.15) is 18.5 Å². The van der Waals surface area contributed by atoms with Crippen LogP contribution >= 0.6 is 0 Å². The fourth-order valence-corrected chi connectivity index (χ4v) is 4.99. The number of rotatable bonds is 3. The normalized spacial score (nSPS) is 23.6. The van der Waals surface area contributed by atoms with Crippen LogP contribution in [0.15, 0.2) is 60.8 Å². The van der Waals surface area contributed by atoms with E-state index in [-0.39, 0.29) is 30.3 Å². The highest BCUT2D eigenvalue weighted by atomic mass is 16.2. The molecule has 3 heterocycles. The Morgan fingerprint density at radius 1 is 1.00 bits per heavy atom. The molecule has 6 nitrogen and oxygen atoms in total. The fourth-order valence-electron chi connectivity index (χ4n) is 4.99. The van der Waals surface area contributed by atoms with Gasteiger partial charge in [-0.25, -0.2) is 0 Å². The standard InChI is InChI=1S/C23H24N4O2/c1-16(28)27-13-19-11-25(14-20(19)23(27)17-7-3-2-4-8-17)22(29)15-26-12-18-9-5-6-10-21(18)24-26/h2-10,12,19-20,23H,11,13-15H2,1H3/t19-,20-,23-/m1/s1. The van der Waals surface area contributed by atoms with Gasteiger partial charge in [0.2, 0.25) is 11.8 Å². The predicted molar refractivity (Wildman–Crippen MR) is 110 cm³/mol. The lowest BCUT2D eigenvalue weighted by Crippen LogP contribution is -2.37. The SMILES string of the molecule is CC(=O)N1C[C@H]2CN(C(=O)Cn3cc4ccccc4n3)C[C@H]2[C@H]1c1ccccc1. The van der Waals surface area contributed by atoms with Gasteiger partial charge in [0.15, 0.2) is 0 Å². The number of likely N-dealkylation sites (tertiary alicyclic amines) is 2. The Bertz CT molecular complexity index is 1030. The third-order valence-electron chi connectivity index (χ3n) is 6.32. The van der Waals surface area contributed by atoms with Gasteiger partial charge >= 0.3 is 0 Å². The Morgan fingerprint density at radius 2 is 1.76 bits per heavy atom. The van der Waals surface area contributed by atoms with Crippen LogP contribution in [-0.4, -0.2) is 51.0 Å². The van der Waals surface area contributed by atoms with Crippen molar-refractivity contribution in [3.05, 3.63) is 66.4 Å². The molecule has 6 heteroatoms. The van der Waals surface area contributed by atoms with Gasteiger partial charge in [0, 0.05) is 50.0 Å². The quantitative estimate of drug-likeness (QED) is 0.693. The molecule has 2 aromatic carbocycles. The van der Waals surface area contributed by atoms with E-state index in [0.29, 0.717) is 19.0 Å². The van der Waals surface area contributed by atoms with Crippen LogP contribution in [0.25, 0.3) is 10.9 Å². The van der Waals surface area contributed by atoms with Crippen LogP contribution in [-0.2, 0) is 16.1 Å². The molecule has 2 aliphatic rings. The zero-order valence-electron chi connectivity index (χ0n) is 16.4. The zero-order chi connectivity index (χ0) is 20.0. The van der Waals surface area contributed by atoms with Gasteiger partial charge in [-0.3, -0.25) is 14.3 Å². The molecule has 0 saturated carbocycles. The molecule has 148 valence electrons. The lowest BCUT2D eigenvalue weighted by molar-refractivity contribution is -0.132. The number of nitrogens with zero attached hydrogens (tertiary/aromatic N) is 4. The highest BCUT2D eigenvalue weighted by Crippen LogP contribution is 2.44. The van der Waals surface area contributed by atoms with Gasteiger partial charge in [0.25, 0.3) is 0 Å². The highest BCUT2D eigenvalue weighted by Gasteiger charge is 2.49. The number of fused-ring (bicyclic) bond motifs is 2. The number of carbonyl (C=O) groups is 2. The van der Waals surface area contributed by atoms with Crippen LogP contribution in [0.3, 0.4) is 0 Å². The first-order valence-electron chi connectivity index (χ1n) is 10.1. The van der Waals surface area contributed by atoms with E-state index in [0.717, 1.165) is 23.0 Å². The molecular weight excluding hydrogens is 364 g/mol. The molecule has 0 bridgehead atoms. The van der Waals surface area contributed by atoms with Crippen molar-refractivity contribution in [3.8, 4) is 0 Å². The topological polar surface area (TPSA) is 58.4 Å². The summed E-state index contributed by atoms with van der Waals surface area (Å²) >= 11 is 0.